The van der Waals surface area contributed by atoms with E-state index in [4.69, 9.17) is 9.15 Å². The smallest absolute Gasteiger partial charge is 0.341 e. The zero-order valence-corrected chi connectivity index (χ0v) is 20.7. The van der Waals surface area contributed by atoms with E-state index >= 15 is 0 Å². The van der Waals surface area contributed by atoms with Gasteiger partial charge >= 0.3 is 5.97 Å². The fourth-order valence-electron chi connectivity index (χ4n) is 3.31. The van der Waals surface area contributed by atoms with E-state index in [1.165, 1.54) is 23.1 Å². The Kier molecular flexibility index (Phi) is 7.49. The Hall–Kier alpha value is -3.37. The lowest BCUT2D eigenvalue weighted by molar-refractivity contribution is -0.113. The predicted octanol–water partition coefficient (Wildman–Crippen LogP) is 4.94. The molecule has 0 spiro atoms. The summed E-state index contributed by atoms with van der Waals surface area (Å²) in [7, 11) is 1.88. The van der Waals surface area contributed by atoms with Gasteiger partial charge < -0.3 is 19.0 Å². The largest absolute Gasteiger partial charge is 0.462 e. The van der Waals surface area contributed by atoms with Crippen molar-refractivity contribution in [3.8, 4) is 11.3 Å². The van der Waals surface area contributed by atoms with E-state index in [-0.39, 0.29) is 18.3 Å². The minimum absolute atomic E-state index is 0.118. The number of rotatable bonds is 9. The van der Waals surface area contributed by atoms with Gasteiger partial charge in [0.1, 0.15) is 27.9 Å². The Morgan fingerprint density at radius 2 is 1.97 bits per heavy atom. The molecule has 4 aromatic rings. The van der Waals surface area contributed by atoms with Crippen LogP contribution in [0, 0.1) is 6.92 Å². The van der Waals surface area contributed by atoms with Crippen LogP contribution in [0.25, 0.3) is 11.3 Å². The third kappa shape index (κ3) is 5.40. The van der Waals surface area contributed by atoms with Crippen LogP contribution in [0.5, 0.6) is 0 Å². The molecule has 3 heterocycles. The van der Waals surface area contributed by atoms with Gasteiger partial charge in [-0.25, -0.2) is 4.79 Å². The molecule has 1 N–H and O–H groups in total. The summed E-state index contributed by atoms with van der Waals surface area (Å²) in [4.78, 5) is 25.4. The molecule has 0 saturated heterocycles. The van der Waals surface area contributed by atoms with Crippen LogP contribution < -0.4 is 5.32 Å². The summed E-state index contributed by atoms with van der Waals surface area (Å²) < 4.78 is 12.8. The summed E-state index contributed by atoms with van der Waals surface area (Å²) >= 11 is 2.54. The molecule has 34 heavy (non-hydrogen) atoms. The minimum Gasteiger partial charge on any atom is -0.462 e. The lowest BCUT2D eigenvalue weighted by Crippen LogP contribution is -2.16. The molecule has 0 atom stereocenters. The number of esters is 1. The molecule has 1 aromatic carbocycles. The highest BCUT2D eigenvalue weighted by molar-refractivity contribution is 7.99. The molecule has 8 nitrogen and oxygen atoms in total. The van der Waals surface area contributed by atoms with E-state index in [0.717, 1.165) is 17.1 Å². The van der Waals surface area contributed by atoms with E-state index in [9.17, 15) is 9.59 Å². The maximum Gasteiger partial charge on any atom is 0.341 e. The summed E-state index contributed by atoms with van der Waals surface area (Å²) in [6.07, 6.45) is 0.657. The van der Waals surface area contributed by atoms with Crippen molar-refractivity contribution in [3.63, 3.8) is 0 Å². The van der Waals surface area contributed by atoms with Gasteiger partial charge in [0.15, 0.2) is 5.16 Å². The Balaban J connectivity index is 1.44. The van der Waals surface area contributed by atoms with Crippen molar-refractivity contribution >= 4 is 40.0 Å². The van der Waals surface area contributed by atoms with Crippen LogP contribution in [-0.2, 0) is 23.0 Å². The highest BCUT2D eigenvalue weighted by Crippen LogP contribution is 2.37. The van der Waals surface area contributed by atoms with Crippen LogP contribution >= 0.6 is 23.1 Å². The molecule has 0 aliphatic carbocycles. The molecule has 0 saturated carbocycles. The number of carbonyl (C=O) groups excluding carboxylic acids is 2. The van der Waals surface area contributed by atoms with Gasteiger partial charge in [-0.1, -0.05) is 42.1 Å². The fourth-order valence-corrected chi connectivity index (χ4v) is 5.00. The number of ether oxygens (including phenoxy) is 1. The quantitative estimate of drug-likeness (QED) is 0.259. The molecule has 0 radical (unpaired) electrons. The summed E-state index contributed by atoms with van der Waals surface area (Å²) in [5, 5.41) is 14.2. The van der Waals surface area contributed by atoms with Crippen LogP contribution in [0.15, 0.2) is 57.4 Å². The van der Waals surface area contributed by atoms with Gasteiger partial charge in [0.25, 0.3) is 0 Å². The zero-order valence-electron chi connectivity index (χ0n) is 19.0. The maximum absolute atomic E-state index is 12.7. The first-order valence-corrected chi connectivity index (χ1v) is 12.5. The van der Waals surface area contributed by atoms with Crippen molar-refractivity contribution in [3.05, 3.63) is 70.6 Å². The second kappa shape index (κ2) is 10.7. The lowest BCUT2D eigenvalue weighted by Gasteiger charge is -2.08. The molecule has 0 bridgehead atoms. The van der Waals surface area contributed by atoms with Gasteiger partial charge in [0.05, 0.1) is 12.4 Å². The summed E-state index contributed by atoms with van der Waals surface area (Å²) in [5.41, 5.74) is 2.03. The summed E-state index contributed by atoms with van der Waals surface area (Å²) in [6.45, 7) is 3.80. The molecule has 0 aliphatic rings. The van der Waals surface area contributed by atoms with Gasteiger partial charge in [0, 0.05) is 24.4 Å². The van der Waals surface area contributed by atoms with Gasteiger partial charge in [-0.3, -0.25) is 4.79 Å². The number of hydrogen-bond donors (Lipinski definition) is 1. The number of carbonyl (C=O) groups is 2. The van der Waals surface area contributed by atoms with Crippen molar-refractivity contribution in [1.82, 2.24) is 14.8 Å². The monoisotopic (exact) mass is 496 g/mol. The van der Waals surface area contributed by atoms with Gasteiger partial charge in [0.2, 0.25) is 5.91 Å². The van der Waals surface area contributed by atoms with Crippen molar-refractivity contribution in [1.29, 1.82) is 0 Å². The number of thiophene rings is 1. The molecular formula is C24H24N4O4S2. The van der Waals surface area contributed by atoms with Crippen LogP contribution in [0.4, 0.5) is 5.00 Å². The van der Waals surface area contributed by atoms with Crippen LogP contribution in [-0.4, -0.2) is 39.0 Å². The number of benzene rings is 1. The topological polar surface area (TPSA) is 99.2 Å². The number of thioether (sulfide) groups is 1. The number of nitrogens with one attached hydrogen (secondary N) is 1. The van der Waals surface area contributed by atoms with E-state index < -0.39 is 5.97 Å². The molecular weight excluding hydrogens is 472 g/mol. The van der Waals surface area contributed by atoms with E-state index in [2.05, 4.69) is 15.5 Å². The number of anilines is 1. The normalized spacial score (nSPS) is 10.9. The number of aromatic nitrogens is 3. The molecule has 176 valence electrons. The van der Waals surface area contributed by atoms with Crippen molar-refractivity contribution < 1.29 is 18.7 Å². The Morgan fingerprint density at radius 3 is 2.68 bits per heavy atom. The highest BCUT2D eigenvalue weighted by atomic mass is 32.2. The fraction of sp³-hybridized carbons (Fsp3) is 0.250. The Labute approximate surface area is 205 Å². The average molecular weight is 497 g/mol. The van der Waals surface area contributed by atoms with E-state index in [0.29, 0.717) is 33.5 Å². The Morgan fingerprint density at radius 1 is 1.18 bits per heavy atom. The maximum atomic E-state index is 12.7. The SMILES string of the molecule is CCOC(=O)c1c(-c2ccc(C)o2)csc1NC(=O)CSc1nnc(Cc2ccccc2)n1C. The second-order valence-corrected chi connectivity index (χ2v) is 9.26. The molecule has 10 heteroatoms. The van der Waals surface area contributed by atoms with Crippen molar-refractivity contribution in [2.24, 2.45) is 7.05 Å². The lowest BCUT2D eigenvalue weighted by atomic mass is 10.1. The summed E-state index contributed by atoms with van der Waals surface area (Å²) in [6, 6.07) is 13.6. The second-order valence-electron chi connectivity index (χ2n) is 7.44. The Bertz CT molecular complexity index is 1290. The van der Waals surface area contributed by atoms with E-state index in [1.54, 1.807) is 18.4 Å². The zero-order chi connectivity index (χ0) is 24.1. The first-order chi connectivity index (χ1) is 16.5. The molecule has 0 unspecified atom stereocenters. The first-order valence-electron chi connectivity index (χ1n) is 10.7. The molecule has 0 fully saturated rings. The first kappa shape index (κ1) is 23.8. The number of aryl methyl sites for hydroxylation is 1. The number of hydrogen-bond acceptors (Lipinski definition) is 8. The third-order valence-corrected chi connectivity index (χ3v) is 6.91. The predicted molar refractivity (Wildman–Crippen MR) is 132 cm³/mol. The molecule has 4 rings (SSSR count). The number of nitrogens with zero attached hydrogens (tertiary/aromatic N) is 3. The molecule has 1 amide bonds. The van der Waals surface area contributed by atoms with Crippen LogP contribution in [0.1, 0.15) is 34.4 Å². The van der Waals surface area contributed by atoms with Crippen LogP contribution in [0.2, 0.25) is 0 Å². The van der Waals surface area contributed by atoms with Gasteiger partial charge in [-0.2, -0.15) is 0 Å². The molecule has 0 aliphatic heterocycles. The van der Waals surface area contributed by atoms with Gasteiger partial charge in [-0.15, -0.1) is 21.5 Å². The highest BCUT2D eigenvalue weighted by Gasteiger charge is 2.24. The number of amides is 1. The average Bonchev–Trinajstić information content (AvgIpc) is 3.53. The van der Waals surface area contributed by atoms with E-state index in [1.807, 2.05) is 54.9 Å². The van der Waals surface area contributed by atoms with Gasteiger partial charge in [-0.05, 0) is 31.5 Å². The summed E-state index contributed by atoms with van der Waals surface area (Å²) in [5.74, 6) is 1.45. The third-order valence-electron chi connectivity index (χ3n) is 4.99. The number of furan rings is 1. The standard InChI is InChI=1S/C24H24N4O4S2/c1-4-31-23(30)21-17(18-11-10-15(2)32-18)13-33-22(21)25-20(29)14-34-24-27-26-19(28(24)3)12-16-8-6-5-7-9-16/h5-11,13H,4,12,14H2,1-3H3,(H,25,29). The molecule has 3 aromatic heterocycles. The minimum atomic E-state index is -0.505. The van der Waals surface area contributed by atoms with Crippen LogP contribution in [0.3, 0.4) is 0 Å². The van der Waals surface area contributed by atoms with Crippen molar-refractivity contribution in [2.75, 3.05) is 17.7 Å². The van der Waals surface area contributed by atoms with Crippen molar-refractivity contribution in [2.45, 2.75) is 25.4 Å².